The molecule has 0 heterocycles. The summed E-state index contributed by atoms with van der Waals surface area (Å²) in [5, 5.41) is 10.9. The van der Waals surface area contributed by atoms with E-state index in [9.17, 15) is 0 Å². The Morgan fingerprint density at radius 3 is 1.94 bits per heavy atom. The Bertz CT molecular complexity index is 573. The molecule has 2 aromatic carbocycles. The van der Waals surface area contributed by atoms with Crippen molar-refractivity contribution in [3.8, 4) is 11.1 Å². The Morgan fingerprint density at radius 1 is 0.833 bits per heavy atom. The summed E-state index contributed by atoms with van der Waals surface area (Å²) < 4.78 is 0. The first-order valence-corrected chi connectivity index (χ1v) is 6.58. The molecule has 0 amide bonds. The molecule has 2 rings (SSSR count). The summed E-state index contributed by atoms with van der Waals surface area (Å²) >= 11 is 24.2. The normalized spacial score (nSPS) is 10.7. The average molecular weight is 322 g/mol. The molecule has 0 fully saturated rings. The van der Waals surface area contributed by atoms with Crippen molar-refractivity contribution in [2.24, 2.45) is 0 Å². The maximum atomic E-state index is 9.07. The second-order valence-corrected chi connectivity index (χ2v) is 5.37. The molecule has 0 aliphatic rings. The van der Waals surface area contributed by atoms with Gasteiger partial charge in [0.25, 0.3) is 0 Å². The van der Waals surface area contributed by atoms with E-state index >= 15 is 0 Å². The van der Waals surface area contributed by atoms with Crippen LogP contribution < -0.4 is 0 Å². The van der Waals surface area contributed by atoms with E-state index in [0.717, 1.165) is 5.56 Å². The molecule has 94 valence electrons. The third kappa shape index (κ3) is 2.76. The van der Waals surface area contributed by atoms with Gasteiger partial charge < -0.3 is 5.11 Å². The molecular weight excluding hydrogens is 314 g/mol. The predicted molar refractivity (Wildman–Crippen MR) is 77.8 cm³/mol. The molecule has 0 saturated carbocycles. The van der Waals surface area contributed by atoms with Crippen molar-refractivity contribution in [3.63, 3.8) is 0 Å². The Kier molecular flexibility index (Phi) is 4.41. The highest BCUT2D eigenvalue weighted by Crippen LogP contribution is 2.38. The van der Waals surface area contributed by atoms with Crippen molar-refractivity contribution >= 4 is 46.4 Å². The van der Waals surface area contributed by atoms with Crippen LogP contribution in [-0.4, -0.2) is 5.11 Å². The van der Waals surface area contributed by atoms with Crippen LogP contribution in [0.25, 0.3) is 11.1 Å². The third-order valence-corrected chi connectivity index (χ3v) is 3.69. The number of hydrogen-bond donors (Lipinski definition) is 1. The summed E-state index contributed by atoms with van der Waals surface area (Å²) in [5.74, 6) is 0. The highest BCUT2D eigenvalue weighted by molar-refractivity contribution is 6.42. The summed E-state index contributed by atoms with van der Waals surface area (Å²) in [5.41, 5.74) is 2.11. The molecule has 18 heavy (non-hydrogen) atoms. The summed E-state index contributed by atoms with van der Waals surface area (Å²) in [6.07, 6.45) is 0. The minimum Gasteiger partial charge on any atom is -0.392 e. The van der Waals surface area contributed by atoms with Crippen LogP contribution >= 0.6 is 46.4 Å². The van der Waals surface area contributed by atoms with E-state index in [2.05, 4.69) is 0 Å². The van der Waals surface area contributed by atoms with E-state index in [4.69, 9.17) is 51.5 Å². The Labute approximate surface area is 125 Å². The second-order valence-electron chi connectivity index (χ2n) is 3.71. The van der Waals surface area contributed by atoms with E-state index in [1.54, 1.807) is 30.3 Å². The smallest absolute Gasteiger partial charge is 0.0696 e. The summed E-state index contributed by atoms with van der Waals surface area (Å²) in [6, 6.07) is 8.50. The van der Waals surface area contributed by atoms with Crippen molar-refractivity contribution in [1.29, 1.82) is 0 Å². The fraction of sp³-hybridized carbons (Fsp3) is 0.0769. The average Bonchev–Trinajstić information content (AvgIpc) is 2.27. The van der Waals surface area contributed by atoms with E-state index in [1.165, 1.54) is 0 Å². The van der Waals surface area contributed by atoms with Gasteiger partial charge in [-0.25, -0.2) is 0 Å². The molecular formula is C13H8Cl4O. The standard InChI is InChI=1S/C13H8Cl4O/c14-9-4-11(16)13(12(17)5-9)7-1-2-8(6-18)10(15)3-7/h1-5,18H,6H2. The van der Waals surface area contributed by atoms with Crippen LogP contribution in [0, 0.1) is 0 Å². The number of benzene rings is 2. The quantitative estimate of drug-likeness (QED) is 0.778. The van der Waals surface area contributed by atoms with Crippen LogP contribution in [0.2, 0.25) is 20.1 Å². The van der Waals surface area contributed by atoms with Gasteiger partial charge in [0, 0.05) is 15.6 Å². The molecule has 0 aromatic heterocycles. The Morgan fingerprint density at radius 2 is 1.44 bits per heavy atom. The van der Waals surface area contributed by atoms with Crippen molar-refractivity contribution in [3.05, 3.63) is 56.0 Å². The Balaban J connectivity index is 2.59. The molecule has 2 aromatic rings. The van der Waals surface area contributed by atoms with Crippen LogP contribution in [-0.2, 0) is 6.61 Å². The first-order chi connectivity index (χ1) is 8.52. The summed E-state index contributed by atoms with van der Waals surface area (Å²) in [6.45, 7) is -0.110. The molecule has 5 heteroatoms. The van der Waals surface area contributed by atoms with Crippen LogP contribution in [0.4, 0.5) is 0 Å². The molecule has 1 nitrogen and oxygen atoms in total. The topological polar surface area (TPSA) is 20.2 Å². The number of aliphatic hydroxyl groups is 1. The van der Waals surface area contributed by atoms with Crippen molar-refractivity contribution in [1.82, 2.24) is 0 Å². The molecule has 0 atom stereocenters. The fourth-order valence-corrected chi connectivity index (χ4v) is 2.92. The minimum absolute atomic E-state index is 0.110. The van der Waals surface area contributed by atoms with Gasteiger partial charge in [-0.05, 0) is 29.3 Å². The first kappa shape index (κ1) is 14.0. The first-order valence-electron chi connectivity index (χ1n) is 5.07. The molecule has 0 bridgehead atoms. The van der Waals surface area contributed by atoms with Gasteiger partial charge in [0.1, 0.15) is 0 Å². The highest BCUT2D eigenvalue weighted by atomic mass is 35.5. The van der Waals surface area contributed by atoms with Gasteiger partial charge in [-0.3, -0.25) is 0 Å². The lowest BCUT2D eigenvalue weighted by molar-refractivity contribution is 0.282. The minimum atomic E-state index is -0.110. The predicted octanol–water partition coefficient (Wildman–Crippen LogP) is 5.46. The number of rotatable bonds is 2. The lowest BCUT2D eigenvalue weighted by Crippen LogP contribution is -1.87. The zero-order valence-corrected chi connectivity index (χ0v) is 12.1. The van der Waals surface area contributed by atoms with Crippen LogP contribution in [0.5, 0.6) is 0 Å². The second kappa shape index (κ2) is 5.68. The fourth-order valence-electron chi connectivity index (χ4n) is 1.65. The van der Waals surface area contributed by atoms with Crippen LogP contribution in [0.1, 0.15) is 5.56 Å². The van der Waals surface area contributed by atoms with E-state index in [1.807, 2.05) is 0 Å². The van der Waals surface area contributed by atoms with Gasteiger partial charge in [-0.2, -0.15) is 0 Å². The molecule has 0 aliphatic carbocycles. The van der Waals surface area contributed by atoms with Gasteiger partial charge in [-0.15, -0.1) is 0 Å². The molecule has 0 radical (unpaired) electrons. The van der Waals surface area contributed by atoms with Gasteiger partial charge in [0.15, 0.2) is 0 Å². The molecule has 0 aliphatic heterocycles. The van der Waals surface area contributed by atoms with E-state index in [-0.39, 0.29) is 6.61 Å². The molecule has 0 unspecified atom stereocenters. The van der Waals surface area contributed by atoms with E-state index < -0.39 is 0 Å². The Hall–Kier alpha value is -0.440. The summed E-state index contributed by atoms with van der Waals surface area (Å²) in [7, 11) is 0. The zero-order valence-electron chi connectivity index (χ0n) is 9.05. The summed E-state index contributed by atoms with van der Waals surface area (Å²) in [4.78, 5) is 0. The van der Waals surface area contributed by atoms with Crippen molar-refractivity contribution in [2.45, 2.75) is 6.61 Å². The van der Waals surface area contributed by atoms with Crippen molar-refractivity contribution in [2.75, 3.05) is 0 Å². The largest absolute Gasteiger partial charge is 0.392 e. The van der Waals surface area contributed by atoms with E-state index in [0.29, 0.717) is 31.2 Å². The third-order valence-electron chi connectivity index (χ3n) is 2.52. The van der Waals surface area contributed by atoms with Gasteiger partial charge in [0.2, 0.25) is 0 Å². The maximum absolute atomic E-state index is 9.07. The van der Waals surface area contributed by atoms with Crippen molar-refractivity contribution < 1.29 is 5.11 Å². The van der Waals surface area contributed by atoms with Gasteiger partial charge in [0.05, 0.1) is 16.7 Å². The lowest BCUT2D eigenvalue weighted by atomic mass is 10.0. The highest BCUT2D eigenvalue weighted by Gasteiger charge is 2.11. The van der Waals surface area contributed by atoms with Crippen LogP contribution in [0.3, 0.4) is 0 Å². The number of aliphatic hydroxyl groups excluding tert-OH is 1. The van der Waals surface area contributed by atoms with Gasteiger partial charge >= 0.3 is 0 Å². The molecule has 0 spiro atoms. The van der Waals surface area contributed by atoms with Gasteiger partial charge in [-0.1, -0.05) is 58.5 Å². The molecule has 0 saturated heterocycles. The lowest BCUT2D eigenvalue weighted by Gasteiger charge is -2.10. The maximum Gasteiger partial charge on any atom is 0.0696 e. The zero-order chi connectivity index (χ0) is 13.3. The number of halogens is 4. The SMILES string of the molecule is OCc1ccc(-c2c(Cl)cc(Cl)cc2Cl)cc1Cl. The monoisotopic (exact) mass is 320 g/mol. The molecule has 1 N–H and O–H groups in total. The van der Waals surface area contributed by atoms with Crippen LogP contribution in [0.15, 0.2) is 30.3 Å². The number of hydrogen-bond acceptors (Lipinski definition) is 1.